The highest BCUT2D eigenvalue weighted by atomic mass is 35.5. The molecule has 3 aliphatic rings. The van der Waals surface area contributed by atoms with Gasteiger partial charge in [-0.2, -0.15) is 13.2 Å². The Balaban J connectivity index is 1.49. The van der Waals surface area contributed by atoms with Gasteiger partial charge in [-0.3, -0.25) is 19.7 Å². The van der Waals surface area contributed by atoms with Crippen molar-refractivity contribution >= 4 is 34.9 Å². The molecule has 0 saturated carbocycles. The minimum Gasteiger partial charge on any atom is -0.331 e. The summed E-state index contributed by atoms with van der Waals surface area (Å²) in [6.45, 7) is -0.382. The summed E-state index contributed by atoms with van der Waals surface area (Å²) in [6, 6.07) is 28.2. The zero-order valence-electron chi connectivity index (χ0n) is 23.8. The number of hydrogen-bond acceptors (Lipinski definition) is 4. The van der Waals surface area contributed by atoms with Gasteiger partial charge in [0.2, 0.25) is 5.78 Å². The van der Waals surface area contributed by atoms with Gasteiger partial charge in [0.05, 0.1) is 12.0 Å². The maximum atomic E-state index is 15.3. The number of nitrogens with zero attached hydrogens (tertiary/aromatic N) is 2. The lowest BCUT2D eigenvalue weighted by atomic mass is 9.59. The lowest BCUT2D eigenvalue weighted by molar-refractivity contribution is -0.159. The molecule has 0 radical (unpaired) electrons. The number of anilines is 1. The molecule has 0 unspecified atom stereocenters. The van der Waals surface area contributed by atoms with Gasteiger partial charge in [0.15, 0.2) is 0 Å². The SMILES string of the molecule is O=C1C(=O)[C@@]2(CN1Cc1ccccc1)[C@H](c1ccccc1Cl)[C@@H](C(F)(F)F)N[C@]21C(=O)N(Cc2ccccc2)c2ccccc21. The first kappa shape index (κ1) is 29.3. The first-order chi connectivity index (χ1) is 21.6. The van der Waals surface area contributed by atoms with Crippen molar-refractivity contribution in [3.8, 4) is 0 Å². The van der Waals surface area contributed by atoms with Crippen LogP contribution in [0.4, 0.5) is 18.9 Å². The lowest BCUT2D eigenvalue weighted by Crippen LogP contribution is -2.60. The fourth-order valence-electron chi connectivity index (χ4n) is 7.59. The number of fused-ring (bicyclic) bond motifs is 3. The van der Waals surface area contributed by atoms with Crippen LogP contribution in [0.5, 0.6) is 0 Å². The number of carbonyl (C=O) groups is 3. The second-order valence-corrected chi connectivity index (χ2v) is 12.2. The first-order valence-electron chi connectivity index (χ1n) is 14.5. The van der Waals surface area contributed by atoms with E-state index in [1.165, 1.54) is 21.9 Å². The second-order valence-electron chi connectivity index (χ2n) is 11.8. The molecule has 228 valence electrons. The summed E-state index contributed by atoms with van der Waals surface area (Å²) in [6.07, 6.45) is -4.92. The van der Waals surface area contributed by atoms with Gasteiger partial charge in [-0.1, -0.05) is 109 Å². The smallest absolute Gasteiger partial charge is 0.331 e. The zero-order chi connectivity index (χ0) is 31.6. The van der Waals surface area contributed by atoms with Crippen LogP contribution in [-0.4, -0.2) is 41.3 Å². The van der Waals surface area contributed by atoms with E-state index in [2.05, 4.69) is 5.32 Å². The number of carbonyl (C=O) groups excluding carboxylic acids is 3. The molecule has 0 aromatic heterocycles. The molecule has 3 heterocycles. The molecular formula is C35H27ClF3N3O3. The quantitative estimate of drug-likeness (QED) is 0.275. The van der Waals surface area contributed by atoms with Crippen LogP contribution in [0.2, 0.25) is 5.02 Å². The lowest BCUT2D eigenvalue weighted by Gasteiger charge is -2.41. The summed E-state index contributed by atoms with van der Waals surface area (Å²) in [5, 5.41) is 2.71. The summed E-state index contributed by atoms with van der Waals surface area (Å²) in [7, 11) is 0. The predicted molar refractivity (Wildman–Crippen MR) is 162 cm³/mol. The third-order valence-corrected chi connectivity index (χ3v) is 9.73. The number of amides is 2. The van der Waals surface area contributed by atoms with Gasteiger partial charge in [0.1, 0.15) is 11.6 Å². The molecule has 4 aromatic carbocycles. The molecule has 2 spiro atoms. The van der Waals surface area contributed by atoms with Crippen LogP contribution in [0, 0.1) is 5.41 Å². The molecule has 0 aliphatic carbocycles. The van der Waals surface area contributed by atoms with Gasteiger partial charge in [0.25, 0.3) is 11.8 Å². The predicted octanol–water partition coefficient (Wildman–Crippen LogP) is 6.00. The standard InChI is InChI=1S/C35H27ClF3N3O3/c36-26-17-9-7-15-24(26)28-29(35(37,38)39)40-34(33(28)21-41(31(44)30(33)43)19-22-11-3-1-4-12-22)25-16-8-10-18-27(25)42(32(34)45)20-23-13-5-2-6-14-23/h1-18,28-29,40H,19-21H2/t28-,29+,33-,34-/m1/s1. The summed E-state index contributed by atoms with van der Waals surface area (Å²) >= 11 is 6.60. The van der Waals surface area contributed by atoms with Crippen LogP contribution >= 0.6 is 11.6 Å². The Labute approximate surface area is 262 Å². The Morgan fingerprint density at radius 1 is 0.778 bits per heavy atom. The fourth-order valence-corrected chi connectivity index (χ4v) is 7.85. The van der Waals surface area contributed by atoms with E-state index in [0.717, 1.165) is 5.56 Å². The number of Topliss-reactive ketones (excluding diaryl/α,β-unsaturated/α-hetero) is 1. The topological polar surface area (TPSA) is 69.7 Å². The number of nitrogens with one attached hydrogen (secondary N) is 1. The van der Waals surface area contributed by atoms with E-state index in [1.54, 1.807) is 78.9 Å². The van der Waals surface area contributed by atoms with E-state index in [4.69, 9.17) is 11.6 Å². The van der Waals surface area contributed by atoms with Crippen LogP contribution in [0.1, 0.15) is 28.2 Å². The molecule has 2 fully saturated rings. The van der Waals surface area contributed by atoms with E-state index in [1.807, 2.05) is 18.2 Å². The Bertz CT molecular complexity index is 1820. The normalized spacial score (nSPS) is 26.0. The van der Waals surface area contributed by atoms with Gasteiger partial charge >= 0.3 is 6.18 Å². The minimum atomic E-state index is -4.92. The second kappa shape index (κ2) is 10.6. The van der Waals surface area contributed by atoms with Crippen molar-refractivity contribution in [2.45, 2.75) is 36.8 Å². The fraction of sp³-hybridized carbons (Fsp3) is 0.229. The molecule has 4 aromatic rings. The summed E-state index contributed by atoms with van der Waals surface area (Å²) in [5.41, 5.74) is -2.33. The summed E-state index contributed by atoms with van der Waals surface area (Å²) in [4.78, 5) is 46.3. The van der Waals surface area contributed by atoms with Gasteiger partial charge in [0, 0.05) is 35.3 Å². The van der Waals surface area contributed by atoms with E-state index in [-0.39, 0.29) is 29.2 Å². The molecule has 2 amide bonds. The molecule has 7 rings (SSSR count). The van der Waals surface area contributed by atoms with Crippen molar-refractivity contribution < 1.29 is 27.6 Å². The van der Waals surface area contributed by atoms with Crippen molar-refractivity contribution in [3.05, 3.63) is 136 Å². The van der Waals surface area contributed by atoms with Crippen molar-refractivity contribution in [2.75, 3.05) is 11.4 Å². The number of likely N-dealkylation sites (tertiary alicyclic amines) is 1. The Hall–Kier alpha value is -4.47. The van der Waals surface area contributed by atoms with Crippen LogP contribution in [0.15, 0.2) is 109 Å². The van der Waals surface area contributed by atoms with E-state index < -0.39 is 53.2 Å². The highest BCUT2D eigenvalue weighted by molar-refractivity contribution is 6.42. The minimum absolute atomic E-state index is 0.0107. The maximum absolute atomic E-state index is 15.3. The molecule has 4 atom stereocenters. The third-order valence-electron chi connectivity index (χ3n) is 9.39. The molecular weight excluding hydrogens is 603 g/mol. The van der Waals surface area contributed by atoms with Crippen LogP contribution in [0.25, 0.3) is 0 Å². The van der Waals surface area contributed by atoms with Crippen LogP contribution in [-0.2, 0) is 33.0 Å². The molecule has 10 heteroatoms. The third kappa shape index (κ3) is 4.24. The molecule has 1 N–H and O–H groups in total. The van der Waals surface area contributed by atoms with Crippen LogP contribution < -0.4 is 10.2 Å². The molecule has 45 heavy (non-hydrogen) atoms. The maximum Gasteiger partial charge on any atom is 0.404 e. The van der Waals surface area contributed by atoms with Gasteiger partial charge in [-0.25, -0.2) is 0 Å². The van der Waals surface area contributed by atoms with Crippen molar-refractivity contribution in [3.63, 3.8) is 0 Å². The van der Waals surface area contributed by atoms with Crippen molar-refractivity contribution in [1.29, 1.82) is 0 Å². The Morgan fingerprint density at radius 2 is 1.36 bits per heavy atom. The number of ketones is 1. The van der Waals surface area contributed by atoms with E-state index >= 15 is 13.2 Å². The van der Waals surface area contributed by atoms with Crippen molar-refractivity contribution in [2.24, 2.45) is 5.41 Å². The van der Waals surface area contributed by atoms with Crippen LogP contribution in [0.3, 0.4) is 0 Å². The summed E-state index contributed by atoms with van der Waals surface area (Å²) in [5.74, 6) is -4.41. The molecule has 6 nitrogen and oxygen atoms in total. The number of halogens is 4. The van der Waals surface area contributed by atoms with Crippen molar-refractivity contribution in [1.82, 2.24) is 10.2 Å². The Morgan fingerprint density at radius 3 is 2.00 bits per heavy atom. The highest BCUT2D eigenvalue weighted by Crippen LogP contribution is 2.66. The van der Waals surface area contributed by atoms with Gasteiger partial charge in [-0.15, -0.1) is 0 Å². The number of rotatable bonds is 5. The summed E-state index contributed by atoms with van der Waals surface area (Å²) < 4.78 is 45.8. The van der Waals surface area contributed by atoms with Gasteiger partial charge in [-0.05, 0) is 28.8 Å². The Kier molecular flexibility index (Phi) is 6.87. The number of benzene rings is 4. The molecule has 0 bridgehead atoms. The zero-order valence-corrected chi connectivity index (χ0v) is 24.6. The average molecular weight is 630 g/mol. The van der Waals surface area contributed by atoms with E-state index in [9.17, 15) is 14.4 Å². The van der Waals surface area contributed by atoms with Gasteiger partial charge < -0.3 is 9.80 Å². The molecule has 3 aliphatic heterocycles. The number of alkyl halides is 3. The largest absolute Gasteiger partial charge is 0.404 e. The number of hydrogen-bond donors (Lipinski definition) is 1. The molecule has 2 saturated heterocycles. The number of para-hydroxylation sites is 1. The average Bonchev–Trinajstić information content (AvgIpc) is 3.57. The first-order valence-corrected chi connectivity index (χ1v) is 14.9. The highest BCUT2D eigenvalue weighted by Gasteiger charge is 2.81. The monoisotopic (exact) mass is 629 g/mol. The van der Waals surface area contributed by atoms with E-state index in [0.29, 0.717) is 11.3 Å².